The minimum absolute atomic E-state index is 0.147. The smallest absolute Gasteiger partial charge is 0.352 e. The number of anilines is 1. The van der Waals surface area contributed by atoms with Crippen molar-refractivity contribution in [1.82, 2.24) is 10.2 Å². The van der Waals surface area contributed by atoms with Crippen molar-refractivity contribution >= 4 is 39.1 Å². The summed E-state index contributed by atoms with van der Waals surface area (Å²) >= 11 is 6.05. The number of hydrogen-bond donors (Lipinski definition) is 1. The highest BCUT2D eigenvalue weighted by molar-refractivity contribution is 7.92. The highest BCUT2D eigenvalue weighted by Gasteiger charge is 2.35. The fraction of sp³-hybridized carbons (Fsp3) is 0.417. The molecule has 37 heavy (non-hydrogen) atoms. The van der Waals surface area contributed by atoms with Gasteiger partial charge in [0.15, 0.2) is 0 Å². The van der Waals surface area contributed by atoms with Gasteiger partial charge in [-0.2, -0.15) is 13.2 Å². The Bertz CT molecular complexity index is 1220. The quantitative estimate of drug-likeness (QED) is 0.427. The first-order valence-corrected chi connectivity index (χ1v) is 13.5. The van der Waals surface area contributed by atoms with Crippen LogP contribution < -0.4 is 9.62 Å². The summed E-state index contributed by atoms with van der Waals surface area (Å²) in [7, 11) is -4.30. The normalized spacial score (nSPS) is 12.8. The largest absolute Gasteiger partial charge is 0.416 e. The van der Waals surface area contributed by atoms with E-state index in [-0.39, 0.29) is 24.0 Å². The van der Waals surface area contributed by atoms with Gasteiger partial charge in [0.1, 0.15) is 18.4 Å². The van der Waals surface area contributed by atoms with Crippen LogP contribution in [0.3, 0.4) is 0 Å². The second kappa shape index (κ2) is 12.1. The fourth-order valence-electron chi connectivity index (χ4n) is 3.56. The maximum absolute atomic E-state index is 13.5. The predicted molar refractivity (Wildman–Crippen MR) is 133 cm³/mol. The Balaban J connectivity index is 2.54. The first kappa shape index (κ1) is 30.4. The van der Waals surface area contributed by atoms with E-state index in [1.54, 1.807) is 20.8 Å². The molecule has 0 spiro atoms. The van der Waals surface area contributed by atoms with Gasteiger partial charge in [-0.15, -0.1) is 0 Å². The van der Waals surface area contributed by atoms with Crippen molar-refractivity contribution in [2.45, 2.75) is 52.0 Å². The van der Waals surface area contributed by atoms with Crippen molar-refractivity contribution in [3.05, 3.63) is 64.4 Å². The van der Waals surface area contributed by atoms with Gasteiger partial charge in [0, 0.05) is 12.6 Å². The van der Waals surface area contributed by atoms with Gasteiger partial charge in [-0.1, -0.05) is 30.7 Å². The van der Waals surface area contributed by atoms with Crippen LogP contribution in [0.1, 0.15) is 38.3 Å². The van der Waals surface area contributed by atoms with Crippen molar-refractivity contribution in [3.8, 4) is 0 Å². The van der Waals surface area contributed by atoms with Crippen LogP contribution in [-0.4, -0.2) is 50.0 Å². The molecule has 0 saturated heterocycles. The number of nitrogens with zero attached hydrogens (tertiary/aromatic N) is 2. The van der Waals surface area contributed by atoms with Gasteiger partial charge in [-0.3, -0.25) is 13.9 Å². The van der Waals surface area contributed by atoms with Crippen LogP contribution in [0.2, 0.25) is 5.02 Å². The average Bonchev–Trinajstić information content (AvgIpc) is 2.77. The van der Waals surface area contributed by atoms with Crippen molar-refractivity contribution < 1.29 is 35.6 Å². The summed E-state index contributed by atoms with van der Waals surface area (Å²) in [5.74, 6) is -1.89. The molecule has 2 aromatic rings. The number of nitrogens with one attached hydrogen (secondary N) is 1. The molecule has 0 aromatic heterocycles. The minimum atomic E-state index is -4.79. The predicted octanol–water partition coefficient (Wildman–Crippen LogP) is 4.60. The Morgan fingerprint density at radius 2 is 1.68 bits per heavy atom. The molecular weight excluding hydrogens is 538 g/mol. The molecule has 1 atom stereocenters. The SMILES string of the molecule is CC[C@H](C(=O)NC(C)C)N(Cc1ccc(F)cc1)C(=O)CN(c1cc(C(F)(F)F)ccc1Cl)S(C)(=O)=O. The highest BCUT2D eigenvalue weighted by atomic mass is 35.5. The summed E-state index contributed by atoms with van der Waals surface area (Å²) in [6.45, 7) is 3.98. The van der Waals surface area contributed by atoms with Gasteiger partial charge in [-0.25, -0.2) is 12.8 Å². The maximum atomic E-state index is 13.5. The molecule has 2 aromatic carbocycles. The lowest BCUT2D eigenvalue weighted by molar-refractivity contribution is -0.140. The number of rotatable bonds is 10. The zero-order valence-electron chi connectivity index (χ0n) is 20.6. The Hall–Kier alpha value is -2.86. The minimum Gasteiger partial charge on any atom is -0.352 e. The lowest BCUT2D eigenvalue weighted by Crippen LogP contribution is -2.53. The number of alkyl halides is 3. The zero-order valence-corrected chi connectivity index (χ0v) is 22.2. The van der Waals surface area contributed by atoms with Crippen molar-refractivity contribution in [3.63, 3.8) is 0 Å². The van der Waals surface area contributed by atoms with Gasteiger partial charge in [0.25, 0.3) is 0 Å². The highest BCUT2D eigenvalue weighted by Crippen LogP contribution is 2.36. The first-order valence-electron chi connectivity index (χ1n) is 11.2. The molecule has 13 heteroatoms. The van der Waals surface area contributed by atoms with Gasteiger partial charge < -0.3 is 10.2 Å². The third-order valence-corrected chi connectivity index (χ3v) is 6.75. The Morgan fingerprint density at radius 1 is 1.08 bits per heavy atom. The molecule has 7 nitrogen and oxygen atoms in total. The summed E-state index contributed by atoms with van der Waals surface area (Å²) < 4.78 is 79.0. The lowest BCUT2D eigenvalue weighted by atomic mass is 10.1. The molecule has 2 amide bonds. The number of amides is 2. The summed E-state index contributed by atoms with van der Waals surface area (Å²) in [6.07, 6.45) is -3.91. The first-order chi connectivity index (χ1) is 17.0. The maximum Gasteiger partial charge on any atom is 0.416 e. The lowest BCUT2D eigenvalue weighted by Gasteiger charge is -2.33. The fourth-order valence-corrected chi connectivity index (χ4v) is 4.68. The summed E-state index contributed by atoms with van der Waals surface area (Å²) in [4.78, 5) is 27.5. The van der Waals surface area contributed by atoms with Gasteiger partial charge >= 0.3 is 6.18 Å². The second-order valence-electron chi connectivity index (χ2n) is 8.67. The number of carbonyl (C=O) groups excluding carboxylic acids is 2. The number of benzene rings is 2. The van der Waals surface area contributed by atoms with Crippen molar-refractivity contribution in [2.75, 3.05) is 17.1 Å². The van der Waals surface area contributed by atoms with E-state index in [0.717, 1.165) is 17.2 Å². The van der Waals surface area contributed by atoms with Crippen LogP contribution in [-0.2, 0) is 32.3 Å². The van der Waals surface area contributed by atoms with Crippen molar-refractivity contribution in [1.29, 1.82) is 0 Å². The van der Waals surface area contributed by atoms with E-state index in [1.807, 2.05) is 0 Å². The molecule has 0 saturated carbocycles. The number of sulfonamides is 1. The second-order valence-corrected chi connectivity index (χ2v) is 11.0. The third kappa shape index (κ3) is 8.32. The molecule has 0 aliphatic heterocycles. The molecule has 0 aliphatic rings. The Morgan fingerprint density at radius 3 is 2.16 bits per heavy atom. The van der Waals surface area contributed by atoms with E-state index in [0.29, 0.717) is 22.0 Å². The Labute approximate surface area is 218 Å². The number of halogens is 5. The van der Waals surface area contributed by atoms with E-state index in [4.69, 9.17) is 11.6 Å². The van der Waals surface area contributed by atoms with E-state index in [1.165, 1.54) is 24.3 Å². The van der Waals surface area contributed by atoms with Crippen LogP contribution in [0, 0.1) is 5.82 Å². The van der Waals surface area contributed by atoms with E-state index >= 15 is 0 Å². The molecule has 0 bridgehead atoms. The molecule has 0 aliphatic carbocycles. The van der Waals surface area contributed by atoms with Crippen molar-refractivity contribution in [2.24, 2.45) is 0 Å². The summed E-state index contributed by atoms with van der Waals surface area (Å²) in [5.41, 5.74) is -1.23. The van der Waals surface area contributed by atoms with Crippen LogP contribution >= 0.6 is 11.6 Å². The van der Waals surface area contributed by atoms with E-state index in [9.17, 15) is 35.6 Å². The molecule has 0 radical (unpaired) electrons. The van der Waals surface area contributed by atoms with Crippen LogP contribution in [0.25, 0.3) is 0 Å². The molecular formula is C24H28ClF4N3O4S. The number of hydrogen-bond acceptors (Lipinski definition) is 4. The van der Waals surface area contributed by atoms with Crippen LogP contribution in [0.4, 0.5) is 23.2 Å². The molecule has 1 N–H and O–H groups in total. The van der Waals surface area contributed by atoms with Crippen LogP contribution in [0.5, 0.6) is 0 Å². The molecule has 0 heterocycles. The standard InChI is InChI=1S/C24H28ClF4N3O4S/c1-5-20(23(34)30-15(2)3)31(13-16-6-9-18(26)10-7-16)22(33)14-32(37(4,35)36)21-12-17(24(27,28)29)8-11-19(21)25/h6-12,15,20H,5,13-14H2,1-4H3,(H,30,34)/t20-/m1/s1. The topological polar surface area (TPSA) is 86.8 Å². The summed E-state index contributed by atoms with van der Waals surface area (Å²) in [6, 6.07) is 5.96. The van der Waals surface area contributed by atoms with Gasteiger partial charge in [0.05, 0.1) is 22.5 Å². The zero-order chi connectivity index (χ0) is 28.1. The van der Waals surface area contributed by atoms with Crippen LogP contribution in [0.15, 0.2) is 42.5 Å². The van der Waals surface area contributed by atoms with E-state index in [2.05, 4.69) is 5.32 Å². The number of carbonyl (C=O) groups is 2. The van der Waals surface area contributed by atoms with E-state index < -0.39 is 57.7 Å². The molecule has 2 rings (SSSR count). The average molecular weight is 566 g/mol. The van der Waals surface area contributed by atoms with Gasteiger partial charge in [0.2, 0.25) is 21.8 Å². The molecule has 0 unspecified atom stereocenters. The molecule has 0 fully saturated rings. The monoisotopic (exact) mass is 565 g/mol. The van der Waals surface area contributed by atoms with Gasteiger partial charge in [-0.05, 0) is 56.2 Å². The summed E-state index contributed by atoms with van der Waals surface area (Å²) in [5, 5.41) is 2.38. The molecule has 204 valence electrons. The Kier molecular flexibility index (Phi) is 9.95. The third-order valence-electron chi connectivity index (χ3n) is 5.30.